The molecule has 1 N–H and O–H groups in total. The van der Waals surface area contributed by atoms with E-state index in [4.69, 9.17) is 11.6 Å². The highest BCUT2D eigenvalue weighted by atomic mass is 35.5. The quantitative estimate of drug-likeness (QED) is 0.805. The smallest absolute Gasteiger partial charge is 0.112 e. The van der Waals surface area contributed by atoms with Crippen molar-refractivity contribution in [2.75, 3.05) is 0 Å². The second-order valence-corrected chi connectivity index (χ2v) is 6.12. The minimum absolute atomic E-state index is 0.491. The molecule has 0 radical (unpaired) electrons. The van der Waals surface area contributed by atoms with Gasteiger partial charge in [0.1, 0.15) is 11.8 Å². The molecule has 1 unspecified atom stereocenters. The zero-order valence-corrected chi connectivity index (χ0v) is 12.1. The average Bonchev–Trinajstić information content (AvgIpc) is 3.09. The van der Waals surface area contributed by atoms with E-state index in [1.54, 1.807) is 6.20 Å². The molecule has 0 saturated heterocycles. The Morgan fingerprint density at radius 2 is 2.00 bits per heavy atom. The minimum atomic E-state index is -0.679. The molecule has 0 aliphatic rings. The molecule has 1 atom stereocenters. The van der Waals surface area contributed by atoms with Gasteiger partial charge in [0.15, 0.2) is 0 Å². The van der Waals surface area contributed by atoms with Gasteiger partial charge in [-0.15, -0.1) is 11.3 Å². The predicted octanol–water partition coefficient (Wildman–Crippen LogP) is 3.26. The number of para-hydroxylation sites is 1. The van der Waals surface area contributed by atoms with Crippen molar-refractivity contribution in [2.45, 2.75) is 12.5 Å². The largest absolute Gasteiger partial charge is 0.386 e. The van der Waals surface area contributed by atoms with E-state index in [9.17, 15) is 5.11 Å². The summed E-state index contributed by atoms with van der Waals surface area (Å²) in [6, 6.07) is 13.3. The summed E-state index contributed by atoms with van der Waals surface area (Å²) in [7, 11) is 0. The average molecular weight is 306 g/mol. The van der Waals surface area contributed by atoms with Gasteiger partial charge in [0, 0.05) is 11.3 Å². The molecular weight excluding hydrogens is 294 g/mol. The highest BCUT2D eigenvalue weighted by molar-refractivity contribution is 7.16. The van der Waals surface area contributed by atoms with Crippen LogP contribution in [0.4, 0.5) is 0 Å². The van der Waals surface area contributed by atoms with Gasteiger partial charge in [-0.05, 0) is 24.3 Å². The van der Waals surface area contributed by atoms with Gasteiger partial charge >= 0.3 is 0 Å². The number of benzene rings is 1. The van der Waals surface area contributed by atoms with Crippen molar-refractivity contribution in [3.8, 4) is 5.69 Å². The lowest BCUT2D eigenvalue weighted by Crippen LogP contribution is -2.03. The summed E-state index contributed by atoms with van der Waals surface area (Å²) in [6.45, 7) is 0. The molecule has 2 aromatic heterocycles. The second-order valence-electron chi connectivity index (χ2n) is 4.32. The Morgan fingerprint density at radius 1 is 1.20 bits per heavy atom. The van der Waals surface area contributed by atoms with Crippen molar-refractivity contribution in [1.29, 1.82) is 0 Å². The molecule has 102 valence electrons. The van der Waals surface area contributed by atoms with E-state index >= 15 is 0 Å². The maximum Gasteiger partial charge on any atom is 0.112 e. The standard InChI is InChI=1S/C14H12ClN3OS/c15-14-7-6-11(20-14)8-13(19)12-9-16-18(17-12)10-4-2-1-3-5-10/h1-7,9,13,19H,8H2. The van der Waals surface area contributed by atoms with Crippen molar-refractivity contribution >= 4 is 22.9 Å². The van der Waals surface area contributed by atoms with Gasteiger partial charge in [-0.3, -0.25) is 0 Å². The van der Waals surface area contributed by atoms with E-state index in [2.05, 4.69) is 10.2 Å². The zero-order valence-electron chi connectivity index (χ0n) is 10.5. The van der Waals surface area contributed by atoms with E-state index < -0.39 is 6.10 Å². The monoisotopic (exact) mass is 305 g/mol. The molecule has 2 heterocycles. The normalized spacial score (nSPS) is 12.5. The van der Waals surface area contributed by atoms with E-state index in [1.807, 2.05) is 42.5 Å². The Hall–Kier alpha value is -1.69. The van der Waals surface area contributed by atoms with Crippen LogP contribution in [0.5, 0.6) is 0 Å². The lowest BCUT2D eigenvalue weighted by atomic mass is 10.2. The van der Waals surface area contributed by atoms with Gasteiger partial charge in [-0.2, -0.15) is 15.0 Å². The van der Waals surface area contributed by atoms with Gasteiger partial charge in [-0.25, -0.2) is 0 Å². The number of aliphatic hydroxyl groups is 1. The van der Waals surface area contributed by atoms with Crippen molar-refractivity contribution < 1.29 is 5.11 Å². The van der Waals surface area contributed by atoms with E-state index in [0.29, 0.717) is 12.1 Å². The Bertz CT molecular complexity index is 695. The molecule has 3 aromatic rings. The molecule has 0 amide bonds. The van der Waals surface area contributed by atoms with Crippen LogP contribution in [0.25, 0.3) is 5.69 Å². The van der Waals surface area contributed by atoms with Gasteiger partial charge in [0.2, 0.25) is 0 Å². The van der Waals surface area contributed by atoms with E-state index in [0.717, 1.165) is 14.9 Å². The van der Waals surface area contributed by atoms with Crippen LogP contribution in [-0.4, -0.2) is 20.1 Å². The summed E-state index contributed by atoms with van der Waals surface area (Å²) in [4.78, 5) is 2.54. The highest BCUT2D eigenvalue weighted by Gasteiger charge is 2.14. The van der Waals surface area contributed by atoms with Gasteiger partial charge in [0.05, 0.1) is 16.2 Å². The van der Waals surface area contributed by atoms with Crippen LogP contribution in [0.2, 0.25) is 4.34 Å². The predicted molar refractivity (Wildman–Crippen MR) is 79.4 cm³/mol. The lowest BCUT2D eigenvalue weighted by molar-refractivity contribution is 0.174. The maximum atomic E-state index is 10.2. The van der Waals surface area contributed by atoms with Gasteiger partial charge in [0.25, 0.3) is 0 Å². The van der Waals surface area contributed by atoms with Gasteiger partial charge in [-0.1, -0.05) is 29.8 Å². The summed E-state index contributed by atoms with van der Waals surface area (Å²) in [6.07, 6.45) is 1.40. The Labute approximate surface area is 125 Å². The number of rotatable bonds is 4. The molecule has 1 aromatic carbocycles. The van der Waals surface area contributed by atoms with Crippen molar-refractivity contribution in [1.82, 2.24) is 15.0 Å². The molecule has 6 heteroatoms. The van der Waals surface area contributed by atoms with Crippen LogP contribution in [0.3, 0.4) is 0 Å². The summed E-state index contributed by atoms with van der Waals surface area (Å²) in [5.41, 5.74) is 1.42. The molecule has 0 saturated carbocycles. The highest BCUT2D eigenvalue weighted by Crippen LogP contribution is 2.25. The number of hydrogen-bond acceptors (Lipinski definition) is 4. The summed E-state index contributed by atoms with van der Waals surface area (Å²) in [5.74, 6) is 0. The number of hydrogen-bond donors (Lipinski definition) is 1. The number of aliphatic hydroxyl groups excluding tert-OH is 1. The van der Waals surface area contributed by atoms with E-state index in [-0.39, 0.29) is 0 Å². The first-order valence-electron chi connectivity index (χ1n) is 6.12. The molecule has 20 heavy (non-hydrogen) atoms. The molecule has 0 spiro atoms. The number of nitrogens with zero attached hydrogens (tertiary/aromatic N) is 3. The van der Waals surface area contributed by atoms with Crippen LogP contribution in [0, 0.1) is 0 Å². The molecule has 0 bridgehead atoms. The number of aromatic nitrogens is 3. The van der Waals surface area contributed by atoms with Crippen LogP contribution in [-0.2, 0) is 6.42 Å². The SMILES string of the molecule is OC(Cc1ccc(Cl)s1)c1cnn(-c2ccccc2)n1. The van der Waals surface area contributed by atoms with E-state index in [1.165, 1.54) is 16.1 Å². The van der Waals surface area contributed by atoms with Gasteiger partial charge < -0.3 is 5.11 Å². The first kappa shape index (κ1) is 13.3. The van der Waals surface area contributed by atoms with Crippen LogP contribution >= 0.6 is 22.9 Å². The molecule has 4 nitrogen and oxygen atoms in total. The fourth-order valence-electron chi connectivity index (χ4n) is 1.87. The Kier molecular flexibility index (Phi) is 3.82. The summed E-state index contributed by atoms with van der Waals surface area (Å²) >= 11 is 7.34. The lowest BCUT2D eigenvalue weighted by Gasteiger charge is -2.04. The molecule has 0 aliphatic carbocycles. The van der Waals surface area contributed by atoms with Crippen molar-refractivity contribution in [3.05, 3.63) is 63.6 Å². The third kappa shape index (κ3) is 2.90. The molecule has 0 aliphatic heterocycles. The maximum absolute atomic E-state index is 10.2. The Balaban J connectivity index is 1.76. The first-order chi connectivity index (χ1) is 9.72. The molecule has 0 fully saturated rings. The Morgan fingerprint density at radius 3 is 2.70 bits per heavy atom. The fourth-order valence-corrected chi connectivity index (χ4v) is 2.99. The van der Waals surface area contributed by atoms with Crippen molar-refractivity contribution in [3.63, 3.8) is 0 Å². The third-order valence-electron chi connectivity index (χ3n) is 2.86. The number of thiophene rings is 1. The molecule has 3 rings (SSSR count). The topological polar surface area (TPSA) is 50.9 Å². The third-order valence-corrected chi connectivity index (χ3v) is 4.11. The number of halogens is 1. The van der Waals surface area contributed by atoms with Crippen LogP contribution in [0.15, 0.2) is 48.7 Å². The summed E-state index contributed by atoms with van der Waals surface area (Å²) in [5, 5.41) is 18.7. The zero-order chi connectivity index (χ0) is 13.9. The van der Waals surface area contributed by atoms with Crippen LogP contribution < -0.4 is 0 Å². The molecular formula is C14H12ClN3OS. The van der Waals surface area contributed by atoms with Crippen LogP contribution in [0.1, 0.15) is 16.7 Å². The minimum Gasteiger partial charge on any atom is -0.386 e. The fraction of sp³-hybridized carbons (Fsp3) is 0.143. The van der Waals surface area contributed by atoms with Crippen molar-refractivity contribution in [2.24, 2.45) is 0 Å². The summed E-state index contributed by atoms with van der Waals surface area (Å²) < 4.78 is 0.722. The second kappa shape index (κ2) is 5.75. The first-order valence-corrected chi connectivity index (χ1v) is 7.32.